The predicted octanol–water partition coefficient (Wildman–Crippen LogP) is 1.71. The Balaban J connectivity index is 1.56. The third kappa shape index (κ3) is 3.51. The zero-order valence-electron chi connectivity index (χ0n) is 12.8. The van der Waals surface area contributed by atoms with Crippen LogP contribution in [0.25, 0.3) is 0 Å². The number of piperazine rings is 1. The minimum Gasteiger partial charge on any atom is -0.298 e. The minimum absolute atomic E-state index is 0.803. The van der Waals surface area contributed by atoms with Crippen LogP contribution >= 0.6 is 0 Å². The molecule has 0 atom stereocenters. The number of rotatable bonds is 4. The van der Waals surface area contributed by atoms with Crippen molar-refractivity contribution in [3.8, 4) is 0 Å². The van der Waals surface area contributed by atoms with Crippen molar-refractivity contribution in [3.05, 3.63) is 18.7 Å². The van der Waals surface area contributed by atoms with E-state index in [0.717, 1.165) is 37.9 Å². The summed E-state index contributed by atoms with van der Waals surface area (Å²) in [7, 11) is 1.69. The lowest BCUT2D eigenvalue weighted by molar-refractivity contribution is -0.0163. The number of nitrogens with zero attached hydrogens (tertiary/aromatic N) is 5. The van der Waals surface area contributed by atoms with Gasteiger partial charge in [0.15, 0.2) is 0 Å². The Kier molecular flexibility index (Phi) is 5.00. The Morgan fingerprint density at radius 3 is 2.33 bits per heavy atom. The highest BCUT2D eigenvalue weighted by Gasteiger charge is 2.28. The fraction of sp³-hybridized carbons (Fsp3) is 0.733. The molecule has 2 heterocycles. The summed E-state index contributed by atoms with van der Waals surface area (Å²) < 4.78 is 0. The molecule has 0 amide bonds. The van der Waals surface area contributed by atoms with Crippen molar-refractivity contribution < 1.29 is 4.84 Å². The standard InChI is InChI=1S/C15H25N5O/c1-21-20(15-11-16-13-17-12-15)19-9-7-18(8-10-19)14-5-3-2-4-6-14/h11-14H,2-10H2,1H3. The lowest BCUT2D eigenvalue weighted by Crippen LogP contribution is -2.56. The van der Waals surface area contributed by atoms with Crippen LogP contribution in [-0.2, 0) is 4.84 Å². The van der Waals surface area contributed by atoms with E-state index in [4.69, 9.17) is 4.84 Å². The number of hydrazine groups is 1. The quantitative estimate of drug-likeness (QED) is 0.787. The first-order chi connectivity index (χ1) is 10.4. The molecule has 0 radical (unpaired) electrons. The van der Waals surface area contributed by atoms with Crippen LogP contribution in [0.1, 0.15) is 32.1 Å². The van der Waals surface area contributed by atoms with Gasteiger partial charge < -0.3 is 0 Å². The molecule has 1 saturated carbocycles. The van der Waals surface area contributed by atoms with E-state index in [1.165, 1.54) is 32.1 Å². The molecule has 6 heteroatoms. The van der Waals surface area contributed by atoms with Gasteiger partial charge in [0.1, 0.15) is 12.0 Å². The molecular weight excluding hydrogens is 266 g/mol. The Morgan fingerprint density at radius 1 is 1.05 bits per heavy atom. The fourth-order valence-corrected chi connectivity index (χ4v) is 3.48. The molecule has 2 fully saturated rings. The molecule has 0 bridgehead atoms. The number of hydrogen-bond acceptors (Lipinski definition) is 6. The Bertz CT molecular complexity index is 415. The van der Waals surface area contributed by atoms with Crippen LogP contribution in [-0.4, -0.2) is 59.2 Å². The van der Waals surface area contributed by atoms with E-state index in [-0.39, 0.29) is 0 Å². The largest absolute Gasteiger partial charge is 0.298 e. The summed E-state index contributed by atoms with van der Waals surface area (Å²) in [5.41, 5.74) is 0.881. The maximum atomic E-state index is 5.52. The van der Waals surface area contributed by atoms with Gasteiger partial charge in [0.25, 0.3) is 0 Å². The van der Waals surface area contributed by atoms with Crippen LogP contribution in [0.4, 0.5) is 5.69 Å². The second-order valence-electron chi connectivity index (χ2n) is 5.83. The highest BCUT2D eigenvalue weighted by atomic mass is 16.7. The highest BCUT2D eigenvalue weighted by molar-refractivity contribution is 5.36. The number of hydrogen-bond donors (Lipinski definition) is 0. The van der Waals surface area contributed by atoms with Crippen LogP contribution in [0.2, 0.25) is 0 Å². The topological polar surface area (TPSA) is 44.7 Å². The van der Waals surface area contributed by atoms with Gasteiger partial charge in [-0.1, -0.05) is 19.3 Å². The van der Waals surface area contributed by atoms with E-state index >= 15 is 0 Å². The van der Waals surface area contributed by atoms with Crippen molar-refractivity contribution >= 4 is 5.69 Å². The smallest absolute Gasteiger partial charge is 0.119 e. The van der Waals surface area contributed by atoms with Gasteiger partial charge in [0.2, 0.25) is 0 Å². The van der Waals surface area contributed by atoms with Gasteiger partial charge in [-0.3, -0.25) is 9.74 Å². The normalized spacial score (nSPS) is 22.3. The van der Waals surface area contributed by atoms with Crippen molar-refractivity contribution in [2.75, 3.05) is 38.5 Å². The summed E-state index contributed by atoms with van der Waals surface area (Å²) in [5.74, 6) is 0. The Morgan fingerprint density at radius 2 is 1.71 bits per heavy atom. The monoisotopic (exact) mass is 291 g/mol. The molecule has 2 aliphatic rings. The van der Waals surface area contributed by atoms with Crippen molar-refractivity contribution in [1.29, 1.82) is 0 Å². The molecule has 1 aliphatic heterocycles. The molecule has 116 valence electrons. The van der Waals surface area contributed by atoms with E-state index in [9.17, 15) is 0 Å². The highest BCUT2D eigenvalue weighted by Crippen LogP contribution is 2.24. The number of aromatic nitrogens is 2. The van der Waals surface area contributed by atoms with Gasteiger partial charge in [0.05, 0.1) is 19.5 Å². The van der Waals surface area contributed by atoms with Crippen molar-refractivity contribution in [2.45, 2.75) is 38.1 Å². The van der Waals surface area contributed by atoms with Crippen LogP contribution in [0.15, 0.2) is 18.7 Å². The van der Waals surface area contributed by atoms with Crippen LogP contribution in [0, 0.1) is 0 Å². The third-order valence-corrected chi connectivity index (χ3v) is 4.58. The van der Waals surface area contributed by atoms with Crippen molar-refractivity contribution in [2.24, 2.45) is 0 Å². The molecule has 0 N–H and O–H groups in total. The summed E-state index contributed by atoms with van der Waals surface area (Å²) in [5, 5.41) is 4.05. The van der Waals surface area contributed by atoms with Gasteiger partial charge in [-0.25, -0.2) is 9.97 Å². The Labute approximate surface area is 126 Å². The summed E-state index contributed by atoms with van der Waals surface area (Å²) in [6.45, 7) is 4.19. The van der Waals surface area contributed by atoms with E-state index in [2.05, 4.69) is 19.9 Å². The average molecular weight is 291 g/mol. The molecule has 1 aromatic heterocycles. The van der Waals surface area contributed by atoms with E-state index in [1.807, 2.05) is 5.17 Å². The zero-order valence-corrected chi connectivity index (χ0v) is 12.8. The van der Waals surface area contributed by atoms with E-state index < -0.39 is 0 Å². The van der Waals surface area contributed by atoms with E-state index in [0.29, 0.717) is 0 Å². The van der Waals surface area contributed by atoms with Crippen LogP contribution in [0.3, 0.4) is 0 Å². The number of anilines is 1. The van der Waals surface area contributed by atoms with Crippen molar-refractivity contribution in [1.82, 2.24) is 19.9 Å². The lowest BCUT2D eigenvalue weighted by atomic mass is 9.94. The second-order valence-corrected chi connectivity index (χ2v) is 5.83. The predicted molar refractivity (Wildman–Crippen MR) is 81.5 cm³/mol. The average Bonchev–Trinajstić information content (AvgIpc) is 2.58. The molecular formula is C15H25N5O. The molecule has 1 aliphatic carbocycles. The molecule has 3 rings (SSSR count). The molecule has 0 spiro atoms. The molecule has 6 nitrogen and oxygen atoms in total. The van der Waals surface area contributed by atoms with Crippen molar-refractivity contribution in [3.63, 3.8) is 0 Å². The summed E-state index contributed by atoms with van der Waals surface area (Å²) in [6.07, 6.45) is 12.1. The molecule has 21 heavy (non-hydrogen) atoms. The molecule has 0 unspecified atom stereocenters. The lowest BCUT2D eigenvalue weighted by Gasteiger charge is -2.43. The van der Waals surface area contributed by atoms with Gasteiger partial charge in [-0.2, -0.15) is 10.2 Å². The Hall–Kier alpha value is -1.24. The maximum Gasteiger partial charge on any atom is 0.119 e. The SMILES string of the molecule is CON(c1cncnc1)N1CCN(C2CCCCC2)CC1. The maximum absolute atomic E-state index is 5.52. The van der Waals surface area contributed by atoms with Gasteiger partial charge in [-0.15, -0.1) is 0 Å². The molecule has 1 aromatic rings. The fourth-order valence-electron chi connectivity index (χ4n) is 3.48. The van der Waals surface area contributed by atoms with Crippen LogP contribution in [0.5, 0.6) is 0 Å². The third-order valence-electron chi connectivity index (χ3n) is 4.58. The summed E-state index contributed by atoms with van der Waals surface area (Å²) >= 11 is 0. The zero-order chi connectivity index (χ0) is 14.5. The first-order valence-corrected chi connectivity index (χ1v) is 7.96. The first kappa shape index (κ1) is 14.7. The first-order valence-electron chi connectivity index (χ1n) is 7.96. The van der Waals surface area contributed by atoms with Gasteiger partial charge in [-0.05, 0) is 12.8 Å². The van der Waals surface area contributed by atoms with Crippen LogP contribution < -0.4 is 5.17 Å². The molecule has 1 saturated heterocycles. The van der Waals surface area contributed by atoms with Gasteiger partial charge >= 0.3 is 0 Å². The summed E-state index contributed by atoms with van der Waals surface area (Å²) in [4.78, 5) is 16.3. The van der Waals surface area contributed by atoms with Gasteiger partial charge in [0, 0.05) is 32.2 Å². The van der Waals surface area contributed by atoms with E-state index in [1.54, 1.807) is 25.8 Å². The summed E-state index contributed by atoms with van der Waals surface area (Å²) in [6, 6.07) is 0.803. The molecule has 0 aromatic carbocycles. The minimum atomic E-state index is 0.803. The second kappa shape index (κ2) is 7.15.